The van der Waals surface area contributed by atoms with Crippen LogP contribution in [-0.2, 0) is 14.3 Å². The lowest BCUT2D eigenvalue weighted by Crippen LogP contribution is -2.15. The van der Waals surface area contributed by atoms with Gasteiger partial charge in [0.2, 0.25) is 0 Å². The van der Waals surface area contributed by atoms with Crippen molar-refractivity contribution >= 4 is 58.6 Å². The number of rotatable bonds is 6. The van der Waals surface area contributed by atoms with Crippen LogP contribution in [0.3, 0.4) is 0 Å². The predicted octanol–water partition coefficient (Wildman–Crippen LogP) is 4.23. The van der Waals surface area contributed by atoms with Crippen LogP contribution in [0.1, 0.15) is 23.7 Å². The van der Waals surface area contributed by atoms with Gasteiger partial charge in [0, 0.05) is 6.21 Å². The number of nitriles is 1. The molecule has 0 saturated carbocycles. The minimum atomic E-state index is -1.23. The first kappa shape index (κ1) is 20.2. The topological polar surface area (TPSA) is 88.8 Å². The number of methoxy groups -OCH3 is 1. The highest BCUT2D eigenvalue weighted by Gasteiger charge is 2.22. The number of hydrogen-bond acceptors (Lipinski definition) is 6. The van der Waals surface area contributed by atoms with Crippen molar-refractivity contribution in [2.24, 2.45) is 10.9 Å². The van der Waals surface area contributed by atoms with Gasteiger partial charge in [-0.25, -0.2) is 4.79 Å². The number of nitrogens with zero attached hydrogens (tertiary/aromatic N) is 2. The van der Waals surface area contributed by atoms with E-state index in [4.69, 9.17) is 44.8 Å². The molecule has 9 heteroatoms. The molecule has 128 valence electrons. The second-order valence-corrected chi connectivity index (χ2v) is 5.59. The Balaban J connectivity index is 3.27. The molecule has 0 amide bonds. The zero-order valence-corrected chi connectivity index (χ0v) is 15.1. The van der Waals surface area contributed by atoms with E-state index in [1.54, 1.807) is 6.07 Å². The van der Waals surface area contributed by atoms with Crippen LogP contribution in [0.25, 0.3) is 0 Å². The third kappa shape index (κ3) is 4.84. The summed E-state index contributed by atoms with van der Waals surface area (Å²) < 4.78 is 9.47. The normalized spacial score (nSPS) is 11.8. The van der Waals surface area contributed by atoms with E-state index in [9.17, 15) is 9.59 Å². The molecule has 0 aliphatic rings. The fourth-order valence-corrected chi connectivity index (χ4v) is 2.31. The predicted molar refractivity (Wildman–Crippen MR) is 91.3 cm³/mol. The summed E-state index contributed by atoms with van der Waals surface area (Å²) in [7, 11) is 1.15. The number of esters is 2. The molecule has 1 aromatic rings. The second kappa shape index (κ2) is 9.48. The summed E-state index contributed by atoms with van der Waals surface area (Å²) in [5, 5.41) is 8.79. The maximum absolute atomic E-state index is 12.1. The molecule has 0 aliphatic carbocycles. The summed E-state index contributed by atoms with van der Waals surface area (Å²) in [6.07, 6.45) is 1.66. The van der Waals surface area contributed by atoms with E-state index in [2.05, 4.69) is 9.73 Å². The number of carbonyl (C=O) groups excluding carboxylic acids is 2. The van der Waals surface area contributed by atoms with E-state index in [1.807, 2.05) is 6.92 Å². The van der Waals surface area contributed by atoms with Crippen LogP contribution >= 0.6 is 34.8 Å². The van der Waals surface area contributed by atoms with Crippen molar-refractivity contribution in [2.45, 2.75) is 13.3 Å². The van der Waals surface area contributed by atoms with Gasteiger partial charge < -0.3 is 9.47 Å². The van der Waals surface area contributed by atoms with Gasteiger partial charge in [-0.1, -0.05) is 41.7 Å². The largest absolute Gasteiger partial charge is 0.468 e. The molecule has 0 aromatic heterocycles. The van der Waals surface area contributed by atoms with Crippen LogP contribution in [0.4, 0.5) is 5.69 Å². The second-order valence-electron chi connectivity index (χ2n) is 4.42. The first-order valence-corrected chi connectivity index (χ1v) is 7.86. The quantitative estimate of drug-likeness (QED) is 0.411. The SMILES string of the molecule is CCCOC(=O)c1c(Cl)c(Cl)cc(N=CC(C#N)C(=O)OC)c1Cl. The van der Waals surface area contributed by atoms with Gasteiger partial charge in [0.05, 0.1) is 40.5 Å². The molecule has 0 spiro atoms. The first-order chi connectivity index (χ1) is 11.4. The Kier molecular flexibility index (Phi) is 7.99. The molecule has 0 N–H and O–H groups in total. The lowest BCUT2D eigenvalue weighted by Gasteiger charge is -2.10. The van der Waals surface area contributed by atoms with Gasteiger partial charge in [-0.2, -0.15) is 5.26 Å². The summed E-state index contributed by atoms with van der Waals surface area (Å²) in [6, 6.07) is 3.03. The number of ether oxygens (including phenoxy) is 2. The van der Waals surface area contributed by atoms with E-state index in [-0.39, 0.29) is 32.9 Å². The average molecular weight is 392 g/mol. The third-order valence-corrected chi connectivity index (χ3v) is 3.91. The molecule has 1 rings (SSSR count). The molecule has 0 fully saturated rings. The van der Waals surface area contributed by atoms with Gasteiger partial charge in [-0.15, -0.1) is 0 Å². The van der Waals surface area contributed by atoms with Crippen LogP contribution in [0, 0.1) is 17.2 Å². The molecule has 0 radical (unpaired) electrons. The number of hydrogen-bond donors (Lipinski definition) is 0. The molecule has 6 nitrogen and oxygen atoms in total. The van der Waals surface area contributed by atoms with Gasteiger partial charge in [0.25, 0.3) is 0 Å². The van der Waals surface area contributed by atoms with E-state index in [1.165, 1.54) is 6.07 Å². The van der Waals surface area contributed by atoms with E-state index in [0.29, 0.717) is 6.42 Å². The zero-order chi connectivity index (χ0) is 18.3. The summed E-state index contributed by atoms with van der Waals surface area (Å²) in [6.45, 7) is 2.02. The summed E-state index contributed by atoms with van der Waals surface area (Å²) in [5.41, 5.74) is -0.0586. The van der Waals surface area contributed by atoms with Crippen LogP contribution in [0.2, 0.25) is 15.1 Å². The molecule has 0 aliphatic heterocycles. The van der Waals surface area contributed by atoms with Gasteiger partial charge in [-0.3, -0.25) is 9.79 Å². The van der Waals surface area contributed by atoms with Gasteiger partial charge in [0.1, 0.15) is 5.56 Å². The van der Waals surface area contributed by atoms with Gasteiger partial charge in [-0.05, 0) is 12.5 Å². The fourth-order valence-electron chi connectivity index (χ4n) is 1.56. The molecular formula is C15H13Cl3N2O4. The molecule has 24 heavy (non-hydrogen) atoms. The van der Waals surface area contributed by atoms with Crippen molar-refractivity contribution in [3.05, 3.63) is 26.7 Å². The zero-order valence-electron chi connectivity index (χ0n) is 12.8. The number of benzene rings is 1. The Hall–Kier alpha value is -1.81. The van der Waals surface area contributed by atoms with Crippen molar-refractivity contribution in [2.75, 3.05) is 13.7 Å². The highest BCUT2D eigenvalue weighted by Crippen LogP contribution is 2.39. The summed E-state index contributed by atoms with van der Waals surface area (Å²) in [4.78, 5) is 27.4. The summed E-state index contributed by atoms with van der Waals surface area (Å²) in [5.74, 6) is -2.74. The Morgan fingerprint density at radius 1 is 1.38 bits per heavy atom. The van der Waals surface area contributed by atoms with Crippen molar-refractivity contribution < 1.29 is 19.1 Å². The Morgan fingerprint density at radius 3 is 2.58 bits per heavy atom. The average Bonchev–Trinajstić information content (AvgIpc) is 2.57. The third-order valence-electron chi connectivity index (χ3n) is 2.74. The molecule has 1 aromatic carbocycles. The van der Waals surface area contributed by atoms with E-state index < -0.39 is 17.9 Å². The van der Waals surface area contributed by atoms with Crippen LogP contribution in [0.5, 0.6) is 0 Å². The maximum atomic E-state index is 12.1. The fraction of sp³-hybridized carbons (Fsp3) is 0.333. The Morgan fingerprint density at radius 2 is 2.04 bits per heavy atom. The first-order valence-electron chi connectivity index (χ1n) is 6.73. The van der Waals surface area contributed by atoms with Gasteiger partial charge in [0.15, 0.2) is 5.92 Å². The summed E-state index contributed by atoms with van der Waals surface area (Å²) >= 11 is 18.1. The standard InChI is InChI=1S/C15H13Cl3N2O4/c1-3-4-24-15(22)11-12(17)9(16)5-10(13(11)18)20-7-8(6-19)14(21)23-2/h5,7-8H,3-4H2,1-2H3. The number of carbonyl (C=O) groups is 2. The Labute approximate surface area is 153 Å². The van der Waals surface area contributed by atoms with Crippen molar-refractivity contribution in [1.29, 1.82) is 5.26 Å². The minimum absolute atomic E-state index is 0.0308. The van der Waals surface area contributed by atoms with Crippen molar-refractivity contribution in [1.82, 2.24) is 0 Å². The highest BCUT2D eigenvalue weighted by molar-refractivity contribution is 6.47. The maximum Gasteiger partial charge on any atom is 0.341 e. The lowest BCUT2D eigenvalue weighted by atomic mass is 10.1. The molecule has 0 heterocycles. The van der Waals surface area contributed by atoms with E-state index in [0.717, 1.165) is 13.3 Å². The molecule has 1 atom stereocenters. The number of aliphatic imine (C=N–C) groups is 1. The molecule has 0 saturated heterocycles. The van der Waals surface area contributed by atoms with Crippen molar-refractivity contribution in [3.8, 4) is 6.07 Å². The van der Waals surface area contributed by atoms with Crippen LogP contribution in [0.15, 0.2) is 11.1 Å². The highest BCUT2D eigenvalue weighted by atomic mass is 35.5. The smallest absolute Gasteiger partial charge is 0.341 e. The molecule has 1 unspecified atom stereocenters. The van der Waals surface area contributed by atoms with E-state index >= 15 is 0 Å². The molecule has 0 bridgehead atoms. The number of halogens is 3. The van der Waals surface area contributed by atoms with Crippen LogP contribution in [-0.4, -0.2) is 31.9 Å². The molecular weight excluding hydrogens is 379 g/mol. The monoisotopic (exact) mass is 390 g/mol. The minimum Gasteiger partial charge on any atom is -0.468 e. The van der Waals surface area contributed by atoms with Crippen LogP contribution < -0.4 is 0 Å². The van der Waals surface area contributed by atoms with Gasteiger partial charge >= 0.3 is 11.9 Å². The lowest BCUT2D eigenvalue weighted by molar-refractivity contribution is -0.141. The Bertz CT molecular complexity index is 714. The van der Waals surface area contributed by atoms with Crippen molar-refractivity contribution in [3.63, 3.8) is 0 Å².